The van der Waals surface area contributed by atoms with Gasteiger partial charge in [0.15, 0.2) is 16.9 Å². The Morgan fingerprint density at radius 2 is 2.00 bits per heavy atom. The van der Waals surface area contributed by atoms with Crippen LogP contribution in [-0.2, 0) is 27.2 Å². The highest BCUT2D eigenvalue weighted by atomic mass is 35.5. The van der Waals surface area contributed by atoms with Gasteiger partial charge in [-0.1, -0.05) is 23.7 Å². The Kier molecular flexibility index (Phi) is 6.48. The lowest BCUT2D eigenvalue weighted by atomic mass is 9.82. The molecule has 0 unspecified atom stereocenters. The largest absolute Gasteiger partial charge is 0.491 e. The van der Waals surface area contributed by atoms with Crippen LogP contribution in [0.4, 0.5) is 5.88 Å². The summed E-state index contributed by atoms with van der Waals surface area (Å²) in [4.78, 5) is 26.0. The van der Waals surface area contributed by atoms with Crippen molar-refractivity contribution in [3.05, 3.63) is 68.8 Å². The van der Waals surface area contributed by atoms with Crippen LogP contribution < -0.4 is 15.1 Å². The Hall–Kier alpha value is -3.03. The molecule has 7 nitrogen and oxygen atoms in total. The normalized spacial score (nSPS) is 19.4. The molecule has 0 amide bonds. The molecule has 34 heavy (non-hydrogen) atoms. The minimum atomic E-state index is -0.157. The summed E-state index contributed by atoms with van der Waals surface area (Å²) in [6.45, 7) is 2.29. The van der Waals surface area contributed by atoms with Crippen LogP contribution in [0.5, 0.6) is 5.75 Å². The molecule has 2 aliphatic rings. The Morgan fingerprint density at radius 1 is 1.15 bits per heavy atom. The fraction of sp³-hybridized carbons (Fsp3) is 0.385. The van der Waals surface area contributed by atoms with E-state index in [4.69, 9.17) is 30.2 Å². The number of ether oxygens (including phenoxy) is 3. The lowest BCUT2D eigenvalue weighted by Crippen LogP contribution is -2.37. The maximum absolute atomic E-state index is 12.5. The molecule has 2 aromatic carbocycles. The molecule has 2 heterocycles. The highest BCUT2D eigenvalue weighted by Crippen LogP contribution is 2.32. The van der Waals surface area contributed by atoms with Gasteiger partial charge in [0.1, 0.15) is 12.4 Å². The van der Waals surface area contributed by atoms with E-state index in [1.165, 1.54) is 24.3 Å². The SMILES string of the molecule is COC(=O)C1CC(OCCOc2ccc3c(c2)CCN(c2cc(=O)c4cccc(Cl)c4o2)C3)C1. The third kappa shape index (κ3) is 4.63. The van der Waals surface area contributed by atoms with Crippen LogP contribution in [0.1, 0.15) is 24.0 Å². The number of halogens is 1. The second-order valence-corrected chi connectivity index (χ2v) is 9.11. The van der Waals surface area contributed by atoms with E-state index in [1.807, 2.05) is 6.07 Å². The number of hydrogen-bond acceptors (Lipinski definition) is 7. The second kappa shape index (κ2) is 9.68. The number of fused-ring (bicyclic) bond motifs is 2. The fourth-order valence-electron chi connectivity index (χ4n) is 4.53. The number of benzene rings is 2. The van der Waals surface area contributed by atoms with Gasteiger partial charge in [0.25, 0.3) is 0 Å². The van der Waals surface area contributed by atoms with E-state index in [0.717, 1.165) is 18.7 Å². The molecule has 178 valence electrons. The Morgan fingerprint density at radius 3 is 2.82 bits per heavy atom. The number of esters is 1. The van der Waals surface area contributed by atoms with Crippen molar-refractivity contribution in [2.24, 2.45) is 5.92 Å². The van der Waals surface area contributed by atoms with E-state index < -0.39 is 0 Å². The van der Waals surface area contributed by atoms with Gasteiger partial charge in [-0.05, 0) is 54.7 Å². The molecular weight excluding hydrogens is 458 g/mol. The Labute approximate surface area is 202 Å². The number of carbonyl (C=O) groups is 1. The monoisotopic (exact) mass is 483 g/mol. The number of para-hydroxylation sites is 1. The minimum Gasteiger partial charge on any atom is -0.491 e. The summed E-state index contributed by atoms with van der Waals surface area (Å²) in [7, 11) is 1.41. The number of anilines is 1. The van der Waals surface area contributed by atoms with Crippen LogP contribution in [0.25, 0.3) is 11.0 Å². The number of rotatable bonds is 7. The van der Waals surface area contributed by atoms with Gasteiger partial charge in [0, 0.05) is 19.2 Å². The molecule has 1 aliphatic heterocycles. The highest BCUT2D eigenvalue weighted by Gasteiger charge is 2.35. The summed E-state index contributed by atoms with van der Waals surface area (Å²) in [5.74, 6) is 1.14. The number of hydrogen-bond donors (Lipinski definition) is 0. The zero-order valence-electron chi connectivity index (χ0n) is 18.9. The first-order valence-corrected chi connectivity index (χ1v) is 11.8. The molecule has 8 heteroatoms. The van der Waals surface area contributed by atoms with Crippen molar-refractivity contribution in [2.75, 3.05) is 31.8 Å². The van der Waals surface area contributed by atoms with Crippen molar-refractivity contribution in [1.82, 2.24) is 0 Å². The molecule has 5 rings (SSSR count). The van der Waals surface area contributed by atoms with Gasteiger partial charge in [0.05, 0.1) is 36.1 Å². The summed E-state index contributed by atoms with van der Waals surface area (Å²) in [6.07, 6.45) is 2.34. The highest BCUT2D eigenvalue weighted by molar-refractivity contribution is 6.34. The van der Waals surface area contributed by atoms with Crippen molar-refractivity contribution in [3.8, 4) is 5.75 Å². The zero-order valence-corrected chi connectivity index (χ0v) is 19.7. The molecule has 0 spiro atoms. The first-order chi connectivity index (χ1) is 16.5. The lowest BCUT2D eigenvalue weighted by Gasteiger charge is -2.32. The van der Waals surface area contributed by atoms with Crippen LogP contribution >= 0.6 is 11.6 Å². The predicted molar refractivity (Wildman–Crippen MR) is 129 cm³/mol. The van der Waals surface area contributed by atoms with Gasteiger partial charge in [0.2, 0.25) is 0 Å². The summed E-state index contributed by atoms with van der Waals surface area (Å²) in [6, 6.07) is 12.8. The van der Waals surface area contributed by atoms with Gasteiger partial charge in [-0.25, -0.2) is 0 Å². The van der Waals surface area contributed by atoms with Crippen LogP contribution in [0, 0.1) is 5.92 Å². The maximum atomic E-state index is 12.5. The standard InChI is InChI=1S/C26H26ClNO6/c1-31-26(30)18-12-20(13-18)33-10-9-32-19-6-5-17-15-28(8-7-16(17)11-19)24-14-23(29)21-3-2-4-22(27)25(21)34-24/h2-6,11,14,18,20H,7-10,12-13,15H2,1H3. The molecule has 1 aliphatic carbocycles. The van der Waals surface area contributed by atoms with E-state index in [2.05, 4.69) is 17.0 Å². The van der Waals surface area contributed by atoms with E-state index in [-0.39, 0.29) is 23.4 Å². The average Bonchev–Trinajstić information content (AvgIpc) is 2.82. The van der Waals surface area contributed by atoms with Crippen molar-refractivity contribution in [2.45, 2.75) is 31.9 Å². The Balaban J connectivity index is 1.16. The van der Waals surface area contributed by atoms with E-state index in [1.54, 1.807) is 18.2 Å². The smallest absolute Gasteiger partial charge is 0.308 e. The van der Waals surface area contributed by atoms with Gasteiger partial charge < -0.3 is 23.5 Å². The van der Waals surface area contributed by atoms with Crippen molar-refractivity contribution in [1.29, 1.82) is 0 Å². The molecule has 0 bridgehead atoms. The summed E-state index contributed by atoms with van der Waals surface area (Å²) in [5, 5.41) is 0.917. The van der Waals surface area contributed by atoms with Gasteiger partial charge in [-0.3, -0.25) is 9.59 Å². The van der Waals surface area contributed by atoms with Crippen molar-refractivity contribution < 1.29 is 23.4 Å². The number of nitrogens with zero attached hydrogens (tertiary/aromatic N) is 1. The number of methoxy groups -OCH3 is 1. The zero-order chi connectivity index (χ0) is 23.7. The van der Waals surface area contributed by atoms with Crippen LogP contribution in [0.15, 0.2) is 51.7 Å². The van der Waals surface area contributed by atoms with Gasteiger partial charge in [-0.2, -0.15) is 0 Å². The molecule has 0 N–H and O–H groups in total. The van der Waals surface area contributed by atoms with Gasteiger partial charge >= 0.3 is 5.97 Å². The molecule has 1 aromatic heterocycles. The molecule has 0 radical (unpaired) electrons. The molecular formula is C26H26ClNO6. The van der Waals surface area contributed by atoms with E-state index >= 15 is 0 Å². The minimum absolute atomic E-state index is 0.0317. The first-order valence-electron chi connectivity index (χ1n) is 11.4. The average molecular weight is 484 g/mol. The predicted octanol–water partition coefficient (Wildman–Crippen LogP) is 4.36. The Bertz CT molecular complexity index is 1270. The lowest BCUT2D eigenvalue weighted by molar-refractivity contribution is -0.155. The van der Waals surface area contributed by atoms with Crippen molar-refractivity contribution >= 4 is 34.4 Å². The molecule has 0 saturated heterocycles. The molecule has 3 aromatic rings. The second-order valence-electron chi connectivity index (χ2n) is 8.70. The molecule has 1 saturated carbocycles. The number of carbonyl (C=O) groups excluding carboxylic acids is 1. The summed E-state index contributed by atoms with van der Waals surface area (Å²) in [5.41, 5.74) is 2.71. The fourth-order valence-corrected chi connectivity index (χ4v) is 4.74. The van der Waals surface area contributed by atoms with Gasteiger partial charge in [-0.15, -0.1) is 0 Å². The summed E-state index contributed by atoms with van der Waals surface area (Å²) < 4.78 is 22.4. The summed E-state index contributed by atoms with van der Waals surface area (Å²) >= 11 is 6.25. The third-order valence-corrected chi connectivity index (χ3v) is 6.83. The maximum Gasteiger partial charge on any atom is 0.308 e. The van der Waals surface area contributed by atoms with E-state index in [9.17, 15) is 9.59 Å². The first kappa shape index (κ1) is 22.7. The van der Waals surface area contributed by atoms with E-state index in [0.29, 0.717) is 54.5 Å². The topological polar surface area (TPSA) is 78.2 Å². The van der Waals surface area contributed by atoms with Crippen LogP contribution in [0.3, 0.4) is 0 Å². The van der Waals surface area contributed by atoms with Crippen LogP contribution in [0.2, 0.25) is 5.02 Å². The van der Waals surface area contributed by atoms with Crippen LogP contribution in [-0.4, -0.2) is 38.9 Å². The molecule has 1 fully saturated rings. The van der Waals surface area contributed by atoms with Crippen molar-refractivity contribution in [3.63, 3.8) is 0 Å². The third-order valence-electron chi connectivity index (χ3n) is 6.53. The quantitative estimate of drug-likeness (QED) is 0.365. The molecule has 0 atom stereocenters.